The number of nitrogens with one attached hydrogen (secondary N) is 1. The molecule has 2 heterocycles. The van der Waals surface area contributed by atoms with E-state index in [1.807, 2.05) is 0 Å². The maximum atomic E-state index is 11.8. The van der Waals surface area contributed by atoms with Crippen molar-refractivity contribution in [1.82, 2.24) is 9.97 Å². The molecule has 2 aromatic rings. The summed E-state index contributed by atoms with van der Waals surface area (Å²) < 4.78 is 0. The first kappa shape index (κ1) is 11.8. The second-order valence-corrected chi connectivity index (χ2v) is 3.91. The summed E-state index contributed by atoms with van der Waals surface area (Å²) in [6, 6.07) is 6.47. The summed E-state index contributed by atoms with van der Waals surface area (Å²) in [5.74, 6) is -0.354. The summed E-state index contributed by atoms with van der Waals surface area (Å²) in [5, 5.41) is 2.96. The number of aromatic nitrogens is 2. The molecular formula is C11H7Cl2N3O. The second-order valence-electron chi connectivity index (χ2n) is 3.17. The van der Waals surface area contributed by atoms with Crippen LogP contribution in [-0.4, -0.2) is 15.9 Å². The lowest BCUT2D eigenvalue weighted by Gasteiger charge is -2.05. The fourth-order valence-electron chi connectivity index (χ4n) is 1.22. The van der Waals surface area contributed by atoms with Crippen LogP contribution in [0, 0.1) is 0 Å². The van der Waals surface area contributed by atoms with E-state index < -0.39 is 0 Å². The number of carbonyl (C=O) groups is 1. The van der Waals surface area contributed by atoms with Crippen molar-refractivity contribution in [3.05, 3.63) is 52.5 Å². The van der Waals surface area contributed by atoms with Gasteiger partial charge in [0.2, 0.25) is 0 Å². The van der Waals surface area contributed by atoms with Crippen molar-refractivity contribution >= 4 is 34.8 Å². The molecule has 0 unspecified atom stereocenters. The van der Waals surface area contributed by atoms with Gasteiger partial charge in [0.05, 0.1) is 17.4 Å². The number of rotatable bonds is 2. The summed E-state index contributed by atoms with van der Waals surface area (Å²) in [6.45, 7) is 0. The molecule has 0 radical (unpaired) electrons. The van der Waals surface area contributed by atoms with Crippen molar-refractivity contribution in [2.75, 3.05) is 5.32 Å². The minimum absolute atomic E-state index is 0.0684. The topological polar surface area (TPSA) is 54.9 Å². The number of pyridine rings is 2. The van der Waals surface area contributed by atoms with Crippen molar-refractivity contribution in [2.24, 2.45) is 0 Å². The Bertz CT molecular complexity index is 546. The van der Waals surface area contributed by atoms with Gasteiger partial charge in [-0.25, -0.2) is 4.98 Å². The summed E-state index contributed by atoms with van der Waals surface area (Å²) in [6.07, 6.45) is 3.15. The molecule has 0 aromatic carbocycles. The van der Waals surface area contributed by atoms with Gasteiger partial charge in [-0.2, -0.15) is 0 Å². The zero-order chi connectivity index (χ0) is 12.3. The van der Waals surface area contributed by atoms with Gasteiger partial charge in [0.15, 0.2) is 0 Å². The quantitative estimate of drug-likeness (QED) is 0.851. The number of carbonyl (C=O) groups excluding carboxylic acids is 1. The summed E-state index contributed by atoms with van der Waals surface area (Å²) in [7, 11) is 0. The number of amides is 1. The predicted octanol–water partition coefficient (Wildman–Crippen LogP) is 3.04. The first-order valence-electron chi connectivity index (χ1n) is 4.70. The molecule has 0 spiro atoms. The molecule has 0 saturated carbocycles. The van der Waals surface area contributed by atoms with E-state index in [1.54, 1.807) is 18.3 Å². The van der Waals surface area contributed by atoms with Gasteiger partial charge in [-0.3, -0.25) is 9.78 Å². The van der Waals surface area contributed by atoms with Crippen molar-refractivity contribution in [3.63, 3.8) is 0 Å². The highest BCUT2D eigenvalue weighted by molar-refractivity contribution is 6.35. The SMILES string of the molecule is O=C(Nc1cccnc1)c1ccc(Cl)nc1Cl. The summed E-state index contributed by atoms with van der Waals surface area (Å²) >= 11 is 11.5. The van der Waals surface area contributed by atoms with Crippen molar-refractivity contribution in [2.45, 2.75) is 0 Å². The molecule has 1 amide bonds. The van der Waals surface area contributed by atoms with Crippen LogP contribution in [-0.2, 0) is 0 Å². The molecule has 86 valence electrons. The standard InChI is InChI=1S/C11H7Cl2N3O/c12-9-4-3-8(10(13)16-9)11(17)15-7-2-1-5-14-6-7/h1-6H,(H,15,17). The molecule has 2 aromatic heterocycles. The zero-order valence-corrected chi connectivity index (χ0v) is 10.0. The normalized spacial score (nSPS) is 10.0. The molecule has 17 heavy (non-hydrogen) atoms. The van der Waals surface area contributed by atoms with E-state index >= 15 is 0 Å². The van der Waals surface area contributed by atoms with Gasteiger partial charge in [-0.05, 0) is 24.3 Å². The fraction of sp³-hybridized carbons (Fsp3) is 0. The molecule has 1 N–H and O–H groups in total. The summed E-state index contributed by atoms with van der Waals surface area (Å²) in [4.78, 5) is 19.5. The first-order valence-corrected chi connectivity index (χ1v) is 5.46. The Labute approximate surface area is 108 Å². The molecule has 4 nitrogen and oxygen atoms in total. The molecule has 0 fully saturated rings. The molecule has 0 aliphatic carbocycles. The van der Waals surface area contributed by atoms with Crippen molar-refractivity contribution < 1.29 is 4.79 Å². The van der Waals surface area contributed by atoms with Gasteiger partial charge in [0.25, 0.3) is 5.91 Å². The largest absolute Gasteiger partial charge is 0.320 e. The highest BCUT2D eigenvalue weighted by Crippen LogP contribution is 2.17. The average Bonchev–Trinajstić information content (AvgIpc) is 2.30. The van der Waals surface area contributed by atoms with E-state index in [-0.39, 0.29) is 21.8 Å². The highest BCUT2D eigenvalue weighted by atomic mass is 35.5. The Morgan fingerprint density at radius 1 is 1.24 bits per heavy atom. The Hall–Kier alpha value is -1.65. The van der Waals surface area contributed by atoms with Crippen molar-refractivity contribution in [3.8, 4) is 0 Å². The van der Waals surface area contributed by atoms with Crippen LogP contribution in [0.5, 0.6) is 0 Å². The van der Waals surface area contributed by atoms with Crippen LogP contribution in [0.2, 0.25) is 10.3 Å². The Morgan fingerprint density at radius 3 is 2.71 bits per heavy atom. The predicted molar refractivity (Wildman–Crippen MR) is 66.4 cm³/mol. The van der Waals surface area contributed by atoms with E-state index in [0.29, 0.717) is 5.69 Å². The number of hydrogen-bond donors (Lipinski definition) is 1. The lowest BCUT2D eigenvalue weighted by Crippen LogP contribution is -2.13. The fourth-order valence-corrected chi connectivity index (χ4v) is 1.65. The number of hydrogen-bond acceptors (Lipinski definition) is 3. The molecule has 0 bridgehead atoms. The Kier molecular flexibility index (Phi) is 3.56. The zero-order valence-electron chi connectivity index (χ0n) is 8.52. The first-order chi connectivity index (χ1) is 8.16. The third-order valence-electron chi connectivity index (χ3n) is 1.98. The van der Waals surface area contributed by atoms with Gasteiger partial charge < -0.3 is 5.32 Å². The van der Waals surface area contributed by atoms with Crippen LogP contribution in [0.4, 0.5) is 5.69 Å². The van der Waals surface area contributed by atoms with Crippen LogP contribution in [0.15, 0.2) is 36.7 Å². The second kappa shape index (κ2) is 5.12. The van der Waals surface area contributed by atoms with Gasteiger partial charge in [0.1, 0.15) is 10.3 Å². The number of nitrogens with zero attached hydrogens (tertiary/aromatic N) is 2. The third kappa shape index (κ3) is 2.93. The van der Waals surface area contributed by atoms with Gasteiger partial charge in [0, 0.05) is 6.20 Å². The molecule has 2 rings (SSSR count). The van der Waals surface area contributed by atoms with Gasteiger partial charge in [-0.1, -0.05) is 23.2 Å². The van der Waals surface area contributed by atoms with Crippen LogP contribution in [0.25, 0.3) is 0 Å². The van der Waals surface area contributed by atoms with Gasteiger partial charge in [-0.15, -0.1) is 0 Å². The molecule has 0 saturated heterocycles. The van der Waals surface area contributed by atoms with Gasteiger partial charge >= 0.3 is 0 Å². The number of anilines is 1. The van der Waals surface area contributed by atoms with Crippen LogP contribution in [0.1, 0.15) is 10.4 Å². The van der Waals surface area contributed by atoms with E-state index in [4.69, 9.17) is 23.2 Å². The maximum Gasteiger partial charge on any atom is 0.258 e. The maximum absolute atomic E-state index is 11.8. The van der Waals surface area contributed by atoms with Crippen molar-refractivity contribution in [1.29, 1.82) is 0 Å². The number of halogens is 2. The minimum Gasteiger partial charge on any atom is -0.320 e. The van der Waals surface area contributed by atoms with Crippen LogP contribution < -0.4 is 5.32 Å². The average molecular weight is 268 g/mol. The monoisotopic (exact) mass is 267 g/mol. The van der Waals surface area contributed by atoms with E-state index in [0.717, 1.165) is 0 Å². The molecule has 6 heteroatoms. The lowest BCUT2D eigenvalue weighted by molar-refractivity contribution is 0.102. The van der Waals surface area contributed by atoms with Crippen LogP contribution >= 0.6 is 23.2 Å². The third-order valence-corrected chi connectivity index (χ3v) is 2.48. The lowest BCUT2D eigenvalue weighted by atomic mass is 10.2. The molecule has 0 aliphatic rings. The Morgan fingerprint density at radius 2 is 2.06 bits per heavy atom. The highest BCUT2D eigenvalue weighted by Gasteiger charge is 2.11. The molecule has 0 aliphatic heterocycles. The van der Waals surface area contributed by atoms with E-state index in [9.17, 15) is 4.79 Å². The molecule has 0 atom stereocenters. The molecular weight excluding hydrogens is 261 g/mol. The smallest absolute Gasteiger partial charge is 0.258 e. The van der Waals surface area contributed by atoms with E-state index in [1.165, 1.54) is 18.3 Å². The summed E-state index contributed by atoms with van der Waals surface area (Å²) in [5.41, 5.74) is 0.850. The minimum atomic E-state index is -0.354. The van der Waals surface area contributed by atoms with E-state index in [2.05, 4.69) is 15.3 Å². The Balaban J connectivity index is 2.21. The van der Waals surface area contributed by atoms with Crippen LogP contribution in [0.3, 0.4) is 0 Å².